The van der Waals surface area contributed by atoms with E-state index in [0.717, 1.165) is 12.0 Å². The highest BCUT2D eigenvalue weighted by Crippen LogP contribution is 2.28. The Bertz CT molecular complexity index is 713. The first-order chi connectivity index (χ1) is 11.5. The number of nitro benzene ring substituents is 1. The standard InChI is InChI=1S/C18H20N2O4/c1-3-13(2)16-6-4-5-7-17(16)24-12-18(21)19-14-8-10-15(11-9-14)20(22)23/h4-11,13H,3,12H2,1-2H3,(H,19,21)/t13-/m1/s1. The second-order valence-corrected chi connectivity index (χ2v) is 5.49. The Labute approximate surface area is 140 Å². The minimum Gasteiger partial charge on any atom is -0.483 e. The number of non-ortho nitro benzene ring substituents is 1. The third-order valence-corrected chi connectivity index (χ3v) is 3.78. The zero-order valence-corrected chi connectivity index (χ0v) is 13.7. The third-order valence-electron chi connectivity index (χ3n) is 3.78. The normalized spacial score (nSPS) is 11.6. The van der Waals surface area contributed by atoms with Gasteiger partial charge in [-0.25, -0.2) is 0 Å². The molecule has 0 aliphatic rings. The Balaban J connectivity index is 1.95. The van der Waals surface area contributed by atoms with Crippen LogP contribution < -0.4 is 10.1 Å². The van der Waals surface area contributed by atoms with Crippen molar-refractivity contribution in [2.75, 3.05) is 11.9 Å². The van der Waals surface area contributed by atoms with Gasteiger partial charge in [-0.3, -0.25) is 14.9 Å². The van der Waals surface area contributed by atoms with E-state index in [0.29, 0.717) is 17.4 Å². The number of nitrogens with zero attached hydrogens (tertiary/aromatic N) is 1. The summed E-state index contributed by atoms with van der Waals surface area (Å²) < 4.78 is 5.64. The van der Waals surface area contributed by atoms with Gasteiger partial charge in [-0.2, -0.15) is 0 Å². The summed E-state index contributed by atoms with van der Waals surface area (Å²) in [7, 11) is 0. The molecule has 0 aliphatic heterocycles. The van der Waals surface area contributed by atoms with Crippen LogP contribution in [0.4, 0.5) is 11.4 Å². The molecule has 0 radical (unpaired) electrons. The number of para-hydroxylation sites is 1. The zero-order chi connectivity index (χ0) is 17.5. The first-order valence-electron chi connectivity index (χ1n) is 7.77. The minimum atomic E-state index is -0.486. The van der Waals surface area contributed by atoms with Crippen LogP contribution >= 0.6 is 0 Å². The number of amides is 1. The van der Waals surface area contributed by atoms with Crippen LogP contribution in [0, 0.1) is 10.1 Å². The largest absolute Gasteiger partial charge is 0.483 e. The highest BCUT2D eigenvalue weighted by Gasteiger charge is 2.11. The molecule has 2 aromatic carbocycles. The Morgan fingerprint density at radius 2 is 1.88 bits per heavy atom. The number of carbonyl (C=O) groups is 1. The maximum Gasteiger partial charge on any atom is 0.269 e. The van der Waals surface area contributed by atoms with Crippen molar-refractivity contribution in [2.24, 2.45) is 0 Å². The van der Waals surface area contributed by atoms with Crippen molar-refractivity contribution in [1.82, 2.24) is 0 Å². The summed E-state index contributed by atoms with van der Waals surface area (Å²) in [6.07, 6.45) is 0.982. The molecule has 0 aliphatic carbocycles. The number of rotatable bonds is 7. The first kappa shape index (κ1) is 17.5. The highest BCUT2D eigenvalue weighted by atomic mass is 16.6. The summed E-state index contributed by atoms with van der Waals surface area (Å²) in [5, 5.41) is 13.3. The molecule has 6 nitrogen and oxygen atoms in total. The van der Waals surface area contributed by atoms with Crippen LogP contribution in [0.3, 0.4) is 0 Å². The molecule has 0 unspecified atom stereocenters. The lowest BCUT2D eigenvalue weighted by molar-refractivity contribution is -0.384. The number of nitro groups is 1. The van der Waals surface area contributed by atoms with Gasteiger partial charge in [0.05, 0.1) is 4.92 Å². The Morgan fingerprint density at radius 3 is 2.50 bits per heavy atom. The molecule has 0 fully saturated rings. The van der Waals surface area contributed by atoms with Crippen molar-refractivity contribution in [3.05, 3.63) is 64.2 Å². The average Bonchev–Trinajstić information content (AvgIpc) is 2.60. The topological polar surface area (TPSA) is 81.5 Å². The zero-order valence-electron chi connectivity index (χ0n) is 13.7. The molecule has 1 N–H and O–H groups in total. The smallest absolute Gasteiger partial charge is 0.269 e. The van der Waals surface area contributed by atoms with Crippen molar-refractivity contribution in [3.8, 4) is 5.75 Å². The van der Waals surface area contributed by atoms with E-state index in [2.05, 4.69) is 19.2 Å². The second-order valence-electron chi connectivity index (χ2n) is 5.49. The van der Waals surface area contributed by atoms with Gasteiger partial charge in [0.15, 0.2) is 6.61 Å². The van der Waals surface area contributed by atoms with Crippen LogP contribution in [0.5, 0.6) is 5.75 Å². The van der Waals surface area contributed by atoms with Crippen LogP contribution in [0.15, 0.2) is 48.5 Å². The van der Waals surface area contributed by atoms with E-state index in [1.165, 1.54) is 24.3 Å². The van der Waals surface area contributed by atoms with Crippen molar-refractivity contribution in [3.63, 3.8) is 0 Å². The van der Waals surface area contributed by atoms with E-state index in [4.69, 9.17) is 4.74 Å². The molecule has 0 saturated carbocycles. The monoisotopic (exact) mass is 328 g/mol. The number of anilines is 1. The molecule has 2 aromatic rings. The van der Waals surface area contributed by atoms with E-state index in [-0.39, 0.29) is 18.2 Å². The minimum absolute atomic E-state index is 0.0215. The SMILES string of the molecule is CC[C@@H](C)c1ccccc1OCC(=O)Nc1ccc([N+](=O)[O-])cc1. The third kappa shape index (κ3) is 4.55. The molecule has 1 atom stereocenters. The molecule has 0 saturated heterocycles. The summed E-state index contributed by atoms with van der Waals surface area (Å²) in [4.78, 5) is 22.1. The van der Waals surface area contributed by atoms with E-state index in [9.17, 15) is 14.9 Å². The van der Waals surface area contributed by atoms with Crippen LogP contribution in [0.2, 0.25) is 0 Å². The molecule has 2 rings (SSSR count). The summed E-state index contributed by atoms with van der Waals surface area (Å²) >= 11 is 0. The molecule has 24 heavy (non-hydrogen) atoms. The van der Waals surface area contributed by atoms with Gasteiger partial charge in [-0.15, -0.1) is 0 Å². The number of hydrogen-bond acceptors (Lipinski definition) is 4. The van der Waals surface area contributed by atoms with Crippen LogP contribution in [0.1, 0.15) is 31.7 Å². The van der Waals surface area contributed by atoms with E-state index >= 15 is 0 Å². The molecule has 0 aromatic heterocycles. The van der Waals surface area contributed by atoms with Gasteiger partial charge >= 0.3 is 0 Å². The van der Waals surface area contributed by atoms with Crippen molar-refractivity contribution in [2.45, 2.75) is 26.2 Å². The average molecular weight is 328 g/mol. The summed E-state index contributed by atoms with van der Waals surface area (Å²) in [6, 6.07) is 13.3. The predicted octanol–water partition coefficient (Wildman–Crippen LogP) is 4.13. The Kier molecular flexibility index (Phi) is 5.89. The molecule has 0 heterocycles. The van der Waals surface area contributed by atoms with Crippen molar-refractivity contribution >= 4 is 17.3 Å². The fourth-order valence-corrected chi connectivity index (χ4v) is 2.25. The highest BCUT2D eigenvalue weighted by molar-refractivity contribution is 5.91. The van der Waals surface area contributed by atoms with Gasteiger partial charge in [-0.05, 0) is 36.1 Å². The Hall–Kier alpha value is -2.89. The van der Waals surface area contributed by atoms with Gasteiger partial charge in [0.2, 0.25) is 0 Å². The molecular weight excluding hydrogens is 308 g/mol. The van der Waals surface area contributed by atoms with Crippen molar-refractivity contribution in [1.29, 1.82) is 0 Å². The maximum absolute atomic E-state index is 12.0. The van der Waals surface area contributed by atoms with E-state index < -0.39 is 4.92 Å². The molecule has 126 valence electrons. The van der Waals surface area contributed by atoms with Crippen LogP contribution in [0.25, 0.3) is 0 Å². The summed E-state index contributed by atoms with van der Waals surface area (Å²) in [5.74, 6) is 0.729. The van der Waals surface area contributed by atoms with Crippen LogP contribution in [-0.2, 0) is 4.79 Å². The lowest BCUT2D eigenvalue weighted by Crippen LogP contribution is -2.20. The number of benzene rings is 2. The molecular formula is C18H20N2O4. The van der Waals surface area contributed by atoms with Crippen LogP contribution in [-0.4, -0.2) is 17.4 Å². The Morgan fingerprint density at radius 1 is 1.21 bits per heavy atom. The number of hydrogen-bond donors (Lipinski definition) is 1. The summed E-state index contributed by atoms with van der Waals surface area (Å²) in [6.45, 7) is 4.09. The van der Waals surface area contributed by atoms with E-state index in [1.54, 1.807) is 0 Å². The van der Waals surface area contributed by atoms with Gasteiger partial charge in [0, 0.05) is 17.8 Å². The van der Waals surface area contributed by atoms with E-state index in [1.807, 2.05) is 24.3 Å². The molecule has 0 spiro atoms. The fraction of sp³-hybridized carbons (Fsp3) is 0.278. The summed E-state index contributed by atoms with van der Waals surface area (Å²) in [5.41, 5.74) is 1.54. The molecule has 1 amide bonds. The fourth-order valence-electron chi connectivity index (χ4n) is 2.25. The van der Waals surface area contributed by atoms with Gasteiger partial charge in [0.25, 0.3) is 11.6 Å². The second kappa shape index (κ2) is 8.10. The predicted molar refractivity (Wildman–Crippen MR) is 92.4 cm³/mol. The number of nitrogens with one attached hydrogen (secondary N) is 1. The molecule has 0 bridgehead atoms. The lowest BCUT2D eigenvalue weighted by atomic mass is 9.98. The number of ether oxygens (including phenoxy) is 1. The van der Waals surface area contributed by atoms with Gasteiger partial charge in [0.1, 0.15) is 5.75 Å². The van der Waals surface area contributed by atoms with Gasteiger partial charge < -0.3 is 10.1 Å². The molecule has 6 heteroatoms. The van der Waals surface area contributed by atoms with Crippen molar-refractivity contribution < 1.29 is 14.5 Å². The van der Waals surface area contributed by atoms with Gasteiger partial charge in [-0.1, -0.05) is 32.0 Å². The first-order valence-corrected chi connectivity index (χ1v) is 7.77. The number of carbonyl (C=O) groups excluding carboxylic acids is 1. The quantitative estimate of drug-likeness (QED) is 0.612. The lowest BCUT2D eigenvalue weighted by Gasteiger charge is -2.15. The maximum atomic E-state index is 12.0.